The van der Waals surface area contributed by atoms with Gasteiger partial charge < -0.3 is 9.47 Å². The summed E-state index contributed by atoms with van der Waals surface area (Å²) in [7, 11) is 3.25. The Morgan fingerprint density at radius 2 is 1.22 bits per heavy atom. The van der Waals surface area contributed by atoms with Gasteiger partial charge >= 0.3 is 0 Å². The minimum atomic E-state index is 0.769. The monoisotopic (exact) mass is 242 g/mol. The highest BCUT2D eigenvalue weighted by Crippen LogP contribution is 2.24. The average Bonchev–Trinajstić information content (AvgIpc) is 2.48. The lowest BCUT2D eigenvalue weighted by atomic mass is 10.2. The molecule has 0 aliphatic heterocycles. The molecule has 94 valence electrons. The predicted octanol–water partition coefficient (Wildman–Crippen LogP) is 4.03. The highest BCUT2D eigenvalue weighted by Gasteiger charge is 1.97. The van der Waals surface area contributed by atoms with Gasteiger partial charge in [0.2, 0.25) is 0 Å². The number of ether oxygens (including phenoxy) is 2. The molecular weight excluding hydrogens is 224 g/mol. The van der Waals surface area contributed by atoms with Crippen molar-refractivity contribution in [1.29, 1.82) is 0 Å². The Hall–Kier alpha value is -2.22. The number of methoxy groups -OCH3 is 2. The first-order valence-corrected chi connectivity index (χ1v) is 5.66. The maximum absolute atomic E-state index is 5.01. The molecule has 0 aromatic heterocycles. The van der Waals surface area contributed by atoms with Gasteiger partial charge in [-0.3, -0.25) is 0 Å². The molecule has 0 saturated carbocycles. The standard InChI is InChI=1S/C8H10O2.C8H8/c1-9-7-5-3-4-6-8(7)10-2;1-2-8-6-4-3-5-7-8/h3-6H,1-2H3;2-7H,1H2. The minimum absolute atomic E-state index is 0.769. The quantitative estimate of drug-likeness (QED) is 0.809. The lowest BCUT2D eigenvalue weighted by molar-refractivity contribution is 0.355. The molecule has 0 aliphatic rings. The molecule has 0 spiro atoms. The van der Waals surface area contributed by atoms with Crippen LogP contribution in [0.5, 0.6) is 11.5 Å². The van der Waals surface area contributed by atoms with Crippen molar-refractivity contribution in [3.8, 4) is 11.5 Å². The Morgan fingerprint density at radius 3 is 1.56 bits per heavy atom. The van der Waals surface area contributed by atoms with Crippen molar-refractivity contribution in [3.05, 3.63) is 66.7 Å². The Balaban J connectivity index is 0.000000184. The lowest BCUT2D eigenvalue weighted by Crippen LogP contribution is -1.88. The van der Waals surface area contributed by atoms with Gasteiger partial charge in [-0.15, -0.1) is 0 Å². The van der Waals surface area contributed by atoms with Crippen LogP contribution < -0.4 is 9.47 Å². The number of benzene rings is 2. The molecule has 2 nitrogen and oxygen atoms in total. The summed E-state index contributed by atoms with van der Waals surface area (Å²) < 4.78 is 10.0. The number of rotatable bonds is 3. The third kappa shape index (κ3) is 4.34. The fraction of sp³-hybridized carbons (Fsp3) is 0.125. The van der Waals surface area contributed by atoms with Crippen molar-refractivity contribution in [2.75, 3.05) is 14.2 Å². The van der Waals surface area contributed by atoms with Crippen LogP contribution in [0.15, 0.2) is 61.2 Å². The molecule has 0 unspecified atom stereocenters. The zero-order valence-electron chi connectivity index (χ0n) is 10.8. The molecule has 0 saturated heterocycles. The molecule has 0 aliphatic carbocycles. The van der Waals surface area contributed by atoms with E-state index in [1.807, 2.05) is 60.7 Å². The Labute approximate surface area is 108 Å². The van der Waals surface area contributed by atoms with Crippen molar-refractivity contribution >= 4 is 6.08 Å². The first-order valence-electron chi connectivity index (χ1n) is 5.66. The van der Waals surface area contributed by atoms with Crippen LogP contribution in [0.3, 0.4) is 0 Å². The molecule has 2 heteroatoms. The molecule has 0 fully saturated rings. The Bertz CT molecular complexity index is 441. The van der Waals surface area contributed by atoms with E-state index in [0.29, 0.717) is 0 Å². The van der Waals surface area contributed by atoms with Crippen LogP contribution >= 0.6 is 0 Å². The largest absolute Gasteiger partial charge is 0.493 e. The molecule has 18 heavy (non-hydrogen) atoms. The number of para-hydroxylation sites is 2. The van der Waals surface area contributed by atoms with Gasteiger partial charge in [0.05, 0.1) is 14.2 Å². The van der Waals surface area contributed by atoms with E-state index in [9.17, 15) is 0 Å². The van der Waals surface area contributed by atoms with Gasteiger partial charge in [-0.2, -0.15) is 0 Å². The van der Waals surface area contributed by atoms with E-state index in [2.05, 4.69) is 6.58 Å². The molecule has 0 radical (unpaired) electrons. The third-order valence-electron chi connectivity index (χ3n) is 2.32. The summed E-state index contributed by atoms with van der Waals surface area (Å²) in [4.78, 5) is 0. The van der Waals surface area contributed by atoms with Crippen molar-refractivity contribution < 1.29 is 9.47 Å². The zero-order valence-corrected chi connectivity index (χ0v) is 10.8. The SMILES string of the molecule is C=Cc1ccccc1.COc1ccccc1OC. The van der Waals surface area contributed by atoms with Gasteiger partial charge in [0.15, 0.2) is 11.5 Å². The van der Waals surface area contributed by atoms with Crippen molar-refractivity contribution in [1.82, 2.24) is 0 Å². The molecule has 2 rings (SSSR count). The second-order valence-electron chi connectivity index (χ2n) is 3.47. The van der Waals surface area contributed by atoms with E-state index in [4.69, 9.17) is 9.47 Å². The fourth-order valence-electron chi connectivity index (χ4n) is 1.38. The third-order valence-corrected chi connectivity index (χ3v) is 2.32. The molecular formula is C16H18O2. The summed E-state index contributed by atoms with van der Waals surface area (Å²) in [5.74, 6) is 1.54. The summed E-state index contributed by atoms with van der Waals surface area (Å²) in [6.07, 6.45) is 1.83. The molecule has 0 bridgehead atoms. The predicted molar refractivity (Wildman–Crippen MR) is 76.1 cm³/mol. The van der Waals surface area contributed by atoms with Crippen LogP contribution in [-0.4, -0.2) is 14.2 Å². The Morgan fingerprint density at radius 1 is 0.778 bits per heavy atom. The second-order valence-corrected chi connectivity index (χ2v) is 3.47. The van der Waals surface area contributed by atoms with Crippen LogP contribution in [0, 0.1) is 0 Å². The molecule has 0 atom stereocenters. The molecule has 0 amide bonds. The van der Waals surface area contributed by atoms with Crippen LogP contribution in [0.25, 0.3) is 6.08 Å². The molecule has 2 aromatic carbocycles. The smallest absolute Gasteiger partial charge is 0.160 e. The van der Waals surface area contributed by atoms with E-state index >= 15 is 0 Å². The van der Waals surface area contributed by atoms with E-state index in [1.54, 1.807) is 14.2 Å². The topological polar surface area (TPSA) is 18.5 Å². The molecule has 0 N–H and O–H groups in total. The van der Waals surface area contributed by atoms with Gasteiger partial charge in [-0.05, 0) is 17.7 Å². The minimum Gasteiger partial charge on any atom is -0.493 e. The number of hydrogen-bond donors (Lipinski definition) is 0. The zero-order chi connectivity index (χ0) is 13.2. The van der Waals surface area contributed by atoms with Gasteiger partial charge in [0.1, 0.15) is 0 Å². The summed E-state index contributed by atoms with van der Waals surface area (Å²) >= 11 is 0. The maximum Gasteiger partial charge on any atom is 0.160 e. The van der Waals surface area contributed by atoms with Crippen LogP contribution in [0.2, 0.25) is 0 Å². The van der Waals surface area contributed by atoms with Crippen LogP contribution in [0.4, 0.5) is 0 Å². The maximum atomic E-state index is 5.01. The molecule has 0 heterocycles. The number of hydrogen-bond acceptors (Lipinski definition) is 2. The summed E-state index contributed by atoms with van der Waals surface area (Å²) in [6, 6.07) is 17.6. The van der Waals surface area contributed by atoms with E-state index in [-0.39, 0.29) is 0 Å². The van der Waals surface area contributed by atoms with Crippen molar-refractivity contribution in [3.63, 3.8) is 0 Å². The van der Waals surface area contributed by atoms with Crippen molar-refractivity contribution in [2.24, 2.45) is 0 Å². The summed E-state index contributed by atoms with van der Waals surface area (Å²) in [6.45, 7) is 3.63. The van der Waals surface area contributed by atoms with Gasteiger partial charge in [0.25, 0.3) is 0 Å². The van der Waals surface area contributed by atoms with E-state index < -0.39 is 0 Å². The van der Waals surface area contributed by atoms with E-state index in [0.717, 1.165) is 11.5 Å². The van der Waals surface area contributed by atoms with Crippen LogP contribution in [0.1, 0.15) is 5.56 Å². The highest BCUT2D eigenvalue weighted by molar-refractivity contribution is 5.45. The summed E-state index contributed by atoms with van der Waals surface area (Å²) in [5.41, 5.74) is 1.17. The second kappa shape index (κ2) is 7.96. The first-order chi connectivity index (χ1) is 8.81. The van der Waals surface area contributed by atoms with Crippen LogP contribution in [-0.2, 0) is 0 Å². The Kier molecular flexibility index (Phi) is 6.12. The summed E-state index contributed by atoms with van der Waals surface area (Å²) in [5, 5.41) is 0. The van der Waals surface area contributed by atoms with E-state index in [1.165, 1.54) is 5.56 Å². The average molecular weight is 242 g/mol. The van der Waals surface area contributed by atoms with Crippen molar-refractivity contribution in [2.45, 2.75) is 0 Å². The normalized spacial score (nSPS) is 8.78. The molecule has 2 aromatic rings. The highest BCUT2D eigenvalue weighted by atomic mass is 16.5. The fourth-order valence-corrected chi connectivity index (χ4v) is 1.38. The van der Waals surface area contributed by atoms with Gasteiger partial charge in [0, 0.05) is 0 Å². The van der Waals surface area contributed by atoms with Gasteiger partial charge in [-0.1, -0.05) is 55.1 Å². The lowest BCUT2D eigenvalue weighted by Gasteiger charge is -2.04. The first kappa shape index (κ1) is 13.8. The van der Waals surface area contributed by atoms with Gasteiger partial charge in [-0.25, -0.2) is 0 Å².